The molecule has 0 spiro atoms. The number of H-pyrrole nitrogens is 1. The fourth-order valence-corrected chi connectivity index (χ4v) is 6.91. The Bertz CT molecular complexity index is 2950. The molecule has 0 bridgehead atoms. The number of fused-ring (bicyclic) bond motifs is 6. The van der Waals surface area contributed by atoms with E-state index in [0.717, 1.165) is 88.5 Å². The van der Waals surface area contributed by atoms with Crippen molar-refractivity contribution in [3.05, 3.63) is 194 Å². The summed E-state index contributed by atoms with van der Waals surface area (Å²) in [5.74, 6) is 1.36. The summed E-state index contributed by atoms with van der Waals surface area (Å²) in [5, 5.41) is 4.60. The van der Waals surface area contributed by atoms with Crippen LogP contribution in [0.5, 0.6) is 0 Å². The number of para-hydroxylation sites is 8. The van der Waals surface area contributed by atoms with E-state index in [2.05, 4.69) is 88.4 Å². The van der Waals surface area contributed by atoms with Crippen LogP contribution in [-0.4, -0.2) is 34.9 Å². The van der Waals surface area contributed by atoms with Gasteiger partial charge in [-0.2, -0.15) is 0 Å². The number of hydrogen-bond donors (Lipinski definition) is 1. The van der Waals surface area contributed by atoms with Crippen molar-refractivity contribution >= 4 is 65.7 Å². The first-order valence-electron chi connectivity index (χ1n) is 19.0. The van der Waals surface area contributed by atoms with Gasteiger partial charge < -0.3 is 15.0 Å². The molecule has 9 heteroatoms. The summed E-state index contributed by atoms with van der Waals surface area (Å²) in [7, 11) is 0. The summed E-state index contributed by atoms with van der Waals surface area (Å²) >= 11 is 0. The molecule has 12 rings (SSSR count). The van der Waals surface area contributed by atoms with Crippen molar-refractivity contribution in [2.75, 3.05) is 0 Å². The quantitative estimate of drug-likeness (QED) is 0.176. The maximum absolute atomic E-state index is 4.69. The zero-order valence-corrected chi connectivity index (χ0v) is 33.2. The van der Waals surface area contributed by atoms with Gasteiger partial charge >= 0.3 is 19.5 Å². The van der Waals surface area contributed by atoms with Crippen LogP contribution >= 0.6 is 0 Å². The van der Waals surface area contributed by atoms with Crippen LogP contribution in [0.15, 0.2) is 194 Å². The zero-order valence-electron chi connectivity index (χ0n) is 31.5. The Morgan fingerprint density at radius 2 is 0.661 bits per heavy atom. The molecule has 0 unspecified atom stereocenters. The second-order valence-corrected chi connectivity index (χ2v) is 13.7. The fraction of sp³-hybridized carbons (Fsp3) is 0. The molecule has 0 fully saturated rings. The number of rotatable bonds is 3. The Morgan fingerprint density at radius 3 is 1.07 bits per heavy atom. The van der Waals surface area contributed by atoms with Gasteiger partial charge in [0.2, 0.25) is 0 Å². The minimum atomic E-state index is 0. The number of nitrogens with zero attached hydrogens (tertiary/aromatic N) is 7. The molecule has 0 saturated heterocycles. The van der Waals surface area contributed by atoms with E-state index >= 15 is 0 Å². The van der Waals surface area contributed by atoms with E-state index in [0.29, 0.717) is 11.6 Å². The fourth-order valence-electron chi connectivity index (χ4n) is 6.91. The van der Waals surface area contributed by atoms with E-state index in [1.165, 1.54) is 0 Å². The number of aromatic amines is 1. The predicted octanol–water partition coefficient (Wildman–Crippen LogP) is 11.6. The van der Waals surface area contributed by atoms with Gasteiger partial charge in [-0.3, -0.25) is 0 Å². The average Bonchev–Trinajstić information content (AvgIpc) is 3.94. The Kier molecular flexibility index (Phi) is 10.4. The third kappa shape index (κ3) is 7.92. The average molecular weight is 847 g/mol. The predicted molar refractivity (Wildman–Crippen MR) is 235 cm³/mol. The molecule has 0 amide bonds. The molecule has 1 radical (unpaired) electrons. The monoisotopic (exact) mass is 847 g/mol. The molecular formula is C50H33N8Ru. The minimum Gasteiger partial charge on any atom is -0.433 e. The molecule has 0 aliphatic rings. The van der Waals surface area contributed by atoms with Crippen LogP contribution < -0.4 is 4.98 Å². The van der Waals surface area contributed by atoms with Gasteiger partial charge in [0.15, 0.2) is 0 Å². The largest absolute Gasteiger partial charge is 1.00 e. The second kappa shape index (κ2) is 16.6. The molecule has 281 valence electrons. The van der Waals surface area contributed by atoms with E-state index in [1.54, 1.807) is 0 Å². The Morgan fingerprint density at radius 1 is 0.305 bits per heavy atom. The molecule has 0 aliphatic carbocycles. The van der Waals surface area contributed by atoms with Gasteiger partial charge in [-0.05, 0) is 77.5 Å². The van der Waals surface area contributed by atoms with Gasteiger partial charge in [0.1, 0.15) is 5.82 Å². The Labute approximate surface area is 351 Å². The van der Waals surface area contributed by atoms with Gasteiger partial charge in [-0.1, -0.05) is 133 Å². The molecule has 0 atom stereocenters. The standard InChI is InChI=1S/2C18H12N2.C14H9N4.Ru/c2*1-3-7-15-13(5-1)9-11-17(19-15)18-12-10-14-6-2-4-8-16(14)20-18;1-2-6-10-9(5-1)15-13(16-10)14-17-11-7-3-4-8-12(11)18-14;/h2*1-12H;1-8H,(H-,15,16,17,18);/q;;-1;+1. The first-order chi connectivity index (χ1) is 28.7. The van der Waals surface area contributed by atoms with Crippen LogP contribution in [-0.2, 0) is 19.5 Å². The number of benzene rings is 6. The van der Waals surface area contributed by atoms with E-state index in [-0.39, 0.29) is 19.5 Å². The number of aromatic nitrogens is 8. The van der Waals surface area contributed by atoms with Gasteiger partial charge in [0, 0.05) is 21.5 Å². The normalized spacial score (nSPS) is 10.9. The second-order valence-electron chi connectivity index (χ2n) is 13.7. The third-order valence-corrected chi connectivity index (χ3v) is 9.85. The molecule has 6 aromatic heterocycles. The van der Waals surface area contributed by atoms with E-state index in [1.807, 2.05) is 146 Å². The van der Waals surface area contributed by atoms with Crippen molar-refractivity contribution in [1.82, 2.24) is 39.9 Å². The van der Waals surface area contributed by atoms with Crippen LogP contribution in [0.1, 0.15) is 0 Å². The summed E-state index contributed by atoms with van der Waals surface area (Å²) < 4.78 is 0. The van der Waals surface area contributed by atoms with Crippen molar-refractivity contribution in [2.45, 2.75) is 0 Å². The third-order valence-electron chi connectivity index (χ3n) is 9.85. The summed E-state index contributed by atoms with van der Waals surface area (Å²) in [4.78, 5) is 35.4. The smallest absolute Gasteiger partial charge is 0.433 e. The van der Waals surface area contributed by atoms with E-state index < -0.39 is 0 Å². The van der Waals surface area contributed by atoms with Crippen molar-refractivity contribution in [3.63, 3.8) is 0 Å². The molecule has 12 aromatic rings. The summed E-state index contributed by atoms with van der Waals surface area (Å²) in [5.41, 5.74) is 11.4. The Balaban J connectivity index is 0.000000113. The molecular weight excluding hydrogens is 814 g/mol. The summed E-state index contributed by atoms with van der Waals surface area (Å²) in [6, 6.07) is 64.7. The molecule has 6 heterocycles. The van der Waals surface area contributed by atoms with Crippen molar-refractivity contribution in [1.29, 1.82) is 0 Å². The van der Waals surface area contributed by atoms with Crippen molar-refractivity contribution in [2.24, 2.45) is 0 Å². The first-order valence-corrected chi connectivity index (χ1v) is 19.0. The molecule has 59 heavy (non-hydrogen) atoms. The SMILES string of the molecule is [Ru+].c1ccc2[n-]c(-c3nc4ccccc4[nH]3)nc2c1.c1ccc2nc(-c3ccc4ccccc4n3)ccc2c1.c1ccc2nc(-c3ccc4ccccc4n3)ccc2c1. The van der Waals surface area contributed by atoms with Crippen LogP contribution in [0.2, 0.25) is 0 Å². The van der Waals surface area contributed by atoms with Gasteiger partial charge in [0.25, 0.3) is 0 Å². The van der Waals surface area contributed by atoms with Crippen LogP contribution in [0, 0.1) is 0 Å². The maximum atomic E-state index is 4.69. The van der Waals surface area contributed by atoms with Crippen molar-refractivity contribution < 1.29 is 19.5 Å². The molecule has 0 saturated carbocycles. The topological polar surface area (TPSA) is 107 Å². The van der Waals surface area contributed by atoms with E-state index in [9.17, 15) is 0 Å². The van der Waals surface area contributed by atoms with Crippen LogP contribution in [0.3, 0.4) is 0 Å². The molecule has 1 N–H and O–H groups in total. The van der Waals surface area contributed by atoms with Crippen LogP contribution in [0.4, 0.5) is 0 Å². The maximum Gasteiger partial charge on any atom is 1.00 e. The van der Waals surface area contributed by atoms with Crippen LogP contribution in [0.25, 0.3) is 100 Å². The number of hydrogen-bond acceptors (Lipinski definition) is 6. The summed E-state index contributed by atoms with van der Waals surface area (Å²) in [6.07, 6.45) is 0. The van der Waals surface area contributed by atoms with Crippen molar-refractivity contribution in [3.8, 4) is 34.4 Å². The van der Waals surface area contributed by atoms with Gasteiger partial charge in [0.05, 0.1) is 55.9 Å². The Hall–Kier alpha value is -7.48. The number of pyridine rings is 4. The van der Waals surface area contributed by atoms with E-state index in [4.69, 9.17) is 0 Å². The van der Waals surface area contributed by atoms with Gasteiger partial charge in [-0.25, -0.2) is 24.9 Å². The minimum absolute atomic E-state index is 0. The molecule has 8 nitrogen and oxygen atoms in total. The summed E-state index contributed by atoms with van der Waals surface area (Å²) in [6.45, 7) is 0. The molecule has 0 aliphatic heterocycles. The number of nitrogens with one attached hydrogen (secondary N) is 1. The molecule has 6 aromatic carbocycles. The number of imidazole rings is 2. The van der Waals surface area contributed by atoms with Gasteiger partial charge in [-0.15, -0.1) is 0 Å². The first kappa shape index (κ1) is 37.1. The zero-order chi connectivity index (χ0) is 38.7.